The lowest BCUT2D eigenvalue weighted by Gasteiger charge is -2.09. The van der Waals surface area contributed by atoms with Crippen molar-refractivity contribution in [2.45, 2.75) is 45.2 Å². The van der Waals surface area contributed by atoms with E-state index >= 15 is 0 Å². The van der Waals surface area contributed by atoms with Gasteiger partial charge in [0.1, 0.15) is 5.82 Å². The van der Waals surface area contributed by atoms with Gasteiger partial charge in [0.15, 0.2) is 5.82 Å². The predicted molar refractivity (Wildman–Crippen MR) is 84.6 cm³/mol. The minimum absolute atomic E-state index is 0.0564. The molecule has 0 saturated carbocycles. The van der Waals surface area contributed by atoms with E-state index in [0.717, 1.165) is 43.0 Å². The van der Waals surface area contributed by atoms with Gasteiger partial charge in [-0.05, 0) is 24.5 Å². The minimum atomic E-state index is -0.0564. The molecule has 5 nitrogen and oxygen atoms in total. The summed E-state index contributed by atoms with van der Waals surface area (Å²) >= 11 is 6.07. The summed E-state index contributed by atoms with van der Waals surface area (Å²) in [5, 5.41) is 12.0. The zero-order valence-electron chi connectivity index (χ0n) is 12.4. The molecule has 0 atom stereocenters. The Labute approximate surface area is 134 Å². The Balaban J connectivity index is 1.60. The SMILES string of the molecule is O=C(Cc1ccccc1Cl)NCc1nnc2n1CCCCC2. The first-order valence-electron chi connectivity index (χ1n) is 7.65. The number of fused-ring (bicyclic) bond motifs is 1. The molecule has 0 radical (unpaired) electrons. The Kier molecular flexibility index (Phi) is 4.73. The second-order valence-electron chi connectivity index (χ2n) is 5.54. The van der Waals surface area contributed by atoms with Crippen LogP contribution in [0.4, 0.5) is 0 Å². The number of hydrogen-bond donors (Lipinski definition) is 1. The average Bonchev–Trinajstić information content (AvgIpc) is 2.75. The topological polar surface area (TPSA) is 59.8 Å². The van der Waals surface area contributed by atoms with Gasteiger partial charge in [-0.1, -0.05) is 36.2 Å². The van der Waals surface area contributed by atoms with E-state index in [1.807, 2.05) is 18.2 Å². The van der Waals surface area contributed by atoms with Gasteiger partial charge in [-0.2, -0.15) is 0 Å². The maximum atomic E-state index is 12.1. The van der Waals surface area contributed by atoms with Gasteiger partial charge >= 0.3 is 0 Å². The molecule has 1 aliphatic rings. The molecule has 0 spiro atoms. The van der Waals surface area contributed by atoms with Crippen LogP contribution >= 0.6 is 11.6 Å². The van der Waals surface area contributed by atoms with Crippen LogP contribution in [-0.4, -0.2) is 20.7 Å². The fourth-order valence-electron chi connectivity index (χ4n) is 2.73. The summed E-state index contributed by atoms with van der Waals surface area (Å²) < 4.78 is 2.14. The molecule has 1 N–H and O–H groups in total. The van der Waals surface area contributed by atoms with Crippen LogP contribution in [0.5, 0.6) is 0 Å². The van der Waals surface area contributed by atoms with Crippen molar-refractivity contribution in [1.29, 1.82) is 0 Å². The summed E-state index contributed by atoms with van der Waals surface area (Å²) in [6.07, 6.45) is 4.78. The zero-order valence-corrected chi connectivity index (χ0v) is 13.1. The highest BCUT2D eigenvalue weighted by molar-refractivity contribution is 6.31. The molecule has 22 heavy (non-hydrogen) atoms. The van der Waals surface area contributed by atoms with Crippen molar-refractivity contribution in [3.63, 3.8) is 0 Å². The van der Waals surface area contributed by atoms with Gasteiger partial charge in [0.2, 0.25) is 5.91 Å². The quantitative estimate of drug-likeness (QED) is 0.942. The van der Waals surface area contributed by atoms with Crippen molar-refractivity contribution in [2.75, 3.05) is 0 Å². The second-order valence-corrected chi connectivity index (χ2v) is 5.95. The maximum Gasteiger partial charge on any atom is 0.224 e. The number of nitrogens with one attached hydrogen (secondary N) is 1. The molecule has 1 aromatic carbocycles. The van der Waals surface area contributed by atoms with E-state index in [4.69, 9.17) is 11.6 Å². The van der Waals surface area contributed by atoms with Crippen molar-refractivity contribution in [3.8, 4) is 0 Å². The van der Waals surface area contributed by atoms with E-state index in [2.05, 4.69) is 20.1 Å². The highest BCUT2D eigenvalue weighted by Crippen LogP contribution is 2.16. The average molecular weight is 319 g/mol. The number of amides is 1. The number of aromatic nitrogens is 3. The Morgan fingerprint density at radius 2 is 2.09 bits per heavy atom. The fourth-order valence-corrected chi connectivity index (χ4v) is 2.93. The molecule has 0 fully saturated rings. The maximum absolute atomic E-state index is 12.1. The molecular weight excluding hydrogens is 300 g/mol. The standard InChI is InChI=1S/C16H19ClN4O/c17-13-7-4-3-6-12(13)10-16(22)18-11-15-20-19-14-8-2-1-5-9-21(14)15/h3-4,6-7H,1-2,5,8-11H2,(H,18,22). The minimum Gasteiger partial charge on any atom is -0.349 e. The monoisotopic (exact) mass is 318 g/mol. The number of carbonyl (C=O) groups excluding carboxylic acids is 1. The second kappa shape index (κ2) is 6.92. The Morgan fingerprint density at radius 1 is 1.23 bits per heavy atom. The third kappa shape index (κ3) is 3.47. The fraction of sp³-hybridized carbons (Fsp3) is 0.438. The van der Waals surface area contributed by atoms with E-state index in [9.17, 15) is 4.79 Å². The first-order valence-corrected chi connectivity index (χ1v) is 8.03. The van der Waals surface area contributed by atoms with Gasteiger partial charge in [-0.25, -0.2) is 0 Å². The van der Waals surface area contributed by atoms with Gasteiger partial charge < -0.3 is 9.88 Å². The van der Waals surface area contributed by atoms with Crippen LogP contribution in [0.15, 0.2) is 24.3 Å². The van der Waals surface area contributed by atoms with Crippen molar-refractivity contribution < 1.29 is 4.79 Å². The van der Waals surface area contributed by atoms with Crippen LogP contribution in [0.3, 0.4) is 0 Å². The van der Waals surface area contributed by atoms with Crippen molar-refractivity contribution in [1.82, 2.24) is 20.1 Å². The Hall–Kier alpha value is -1.88. The third-order valence-electron chi connectivity index (χ3n) is 3.94. The van der Waals surface area contributed by atoms with E-state index < -0.39 is 0 Å². The summed E-state index contributed by atoms with van der Waals surface area (Å²) in [5.41, 5.74) is 0.835. The predicted octanol–water partition coefficient (Wildman–Crippen LogP) is 2.52. The van der Waals surface area contributed by atoms with Gasteiger partial charge in [0.05, 0.1) is 13.0 Å². The molecule has 0 bridgehead atoms. The first-order chi connectivity index (χ1) is 10.7. The molecule has 0 unspecified atom stereocenters. The summed E-state index contributed by atoms with van der Waals surface area (Å²) in [6, 6.07) is 7.40. The number of nitrogens with zero attached hydrogens (tertiary/aromatic N) is 3. The largest absolute Gasteiger partial charge is 0.349 e. The van der Waals surface area contributed by atoms with Crippen molar-refractivity contribution >= 4 is 17.5 Å². The molecule has 1 amide bonds. The molecule has 2 aromatic rings. The molecule has 6 heteroatoms. The molecule has 116 valence electrons. The number of rotatable bonds is 4. The number of aryl methyl sites for hydroxylation is 1. The summed E-state index contributed by atoms with van der Waals surface area (Å²) in [6.45, 7) is 1.36. The smallest absolute Gasteiger partial charge is 0.224 e. The lowest BCUT2D eigenvalue weighted by atomic mass is 10.1. The van der Waals surface area contributed by atoms with Gasteiger partial charge in [-0.3, -0.25) is 4.79 Å². The third-order valence-corrected chi connectivity index (χ3v) is 4.31. The van der Waals surface area contributed by atoms with E-state index in [-0.39, 0.29) is 12.3 Å². The number of halogens is 1. The number of benzene rings is 1. The molecule has 0 saturated heterocycles. The lowest BCUT2D eigenvalue weighted by molar-refractivity contribution is -0.120. The first kappa shape index (κ1) is 15.0. The Morgan fingerprint density at radius 3 is 2.95 bits per heavy atom. The Bertz CT molecular complexity index is 668. The molecular formula is C16H19ClN4O. The molecule has 1 aromatic heterocycles. The van der Waals surface area contributed by atoms with Gasteiger partial charge in [-0.15, -0.1) is 10.2 Å². The van der Waals surface area contributed by atoms with Crippen molar-refractivity contribution in [3.05, 3.63) is 46.5 Å². The van der Waals surface area contributed by atoms with E-state index in [0.29, 0.717) is 11.6 Å². The van der Waals surface area contributed by atoms with Crippen molar-refractivity contribution in [2.24, 2.45) is 0 Å². The number of hydrogen-bond acceptors (Lipinski definition) is 3. The molecule has 1 aliphatic heterocycles. The normalized spacial score (nSPS) is 14.2. The summed E-state index contributed by atoms with van der Waals surface area (Å²) in [7, 11) is 0. The molecule has 2 heterocycles. The molecule has 0 aliphatic carbocycles. The summed E-state index contributed by atoms with van der Waals surface area (Å²) in [5.74, 6) is 1.82. The van der Waals surface area contributed by atoms with Crippen LogP contribution in [0.1, 0.15) is 36.5 Å². The van der Waals surface area contributed by atoms with Crippen LogP contribution < -0.4 is 5.32 Å². The van der Waals surface area contributed by atoms with E-state index in [1.54, 1.807) is 6.07 Å². The van der Waals surface area contributed by atoms with Crippen LogP contribution in [0.25, 0.3) is 0 Å². The molecule has 3 rings (SSSR count). The van der Waals surface area contributed by atoms with Crippen LogP contribution in [0.2, 0.25) is 5.02 Å². The summed E-state index contributed by atoms with van der Waals surface area (Å²) in [4.78, 5) is 12.1. The van der Waals surface area contributed by atoms with Crippen LogP contribution in [-0.2, 0) is 30.7 Å². The van der Waals surface area contributed by atoms with E-state index in [1.165, 1.54) is 6.42 Å². The number of carbonyl (C=O) groups is 1. The van der Waals surface area contributed by atoms with Crippen LogP contribution in [0, 0.1) is 0 Å². The highest BCUT2D eigenvalue weighted by Gasteiger charge is 2.15. The lowest BCUT2D eigenvalue weighted by Crippen LogP contribution is -2.26. The zero-order chi connectivity index (χ0) is 15.4. The van der Waals surface area contributed by atoms with Gasteiger partial charge in [0, 0.05) is 18.0 Å². The van der Waals surface area contributed by atoms with Gasteiger partial charge in [0.25, 0.3) is 0 Å². The highest BCUT2D eigenvalue weighted by atomic mass is 35.5.